The Hall–Kier alpha value is -1.81. The lowest BCUT2D eigenvalue weighted by atomic mass is 10.3. The number of aliphatic carboxylic acids is 1. The van der Waals surface area contributed by atoms with Gasteiger partial charge in [-0.15, -0.1) is 0 Å². The van der Waals surface area contributed by atoms with E-state index in [0.717, 1.165) is 11.9 Å². The summed E-state index contributed by atoms with van der Waals surface area (Å²) in [6, 6.07) is 4.67. The van der Waals surface area contributed by atoms with Crippen molar-refractivity contribution in [3.8, 4) is 11.4 Å². The Kier molecular flexibility index (Phi) is 3.67. The molecular formula is C11H11FN3O2P. The molecule has 0 aliphatic heterocycles. The van der Waals surface area contributed by atoms with Crippen molar-refractivity contribution in [3.63, 3.8) is 0 Å². The van der Waals surface area contributed by atoms with Gasteiger partial charge in [-0.3, -0.25) is 14.5 Å². The molecule has 0 amide bonds. The second kappa shape index (κ2) is 5.23. The number of rotatable bonds is 4. The molecule has 0 saturated heterocycles. The van der Waals surface area contributed by atoms with E-state index < -0.39 is 11.8 Å². The van der Waals surface area contributed by atoms with E-state index in [9.17, 15) is 9.18 Å². The minimum absolute atomic E-state index is 0.0628. The molecule has 1 N–H and O–H groups in total. The molecule has 18 heavy (non-hydrogen) atoms. The van der Waals surface area contributed by atoms with Crippen molar-refractivity contribution >= 4 is 20.0 Å². The molecule has 0 aromatic carbocycles. The minimum Gasteiger partial charge on any atom is -0.481 e. The van der Waals surface area contributed by atoms with Crippen LogP contribution in [-0.4, -0.2) is 32.0 Å². The van der Waals surface area contributed by atoms with Crippen LogP contribution in [0.4, 0.5) is 4.39 Å². The van der Waals surface area contributed by atoms with Gasteiger partial charge in [-0.2, -0.15) is 5.10 Å². The number of aryl methyl sites for hydroxylation is 1. The summed E-state index contributed by atoms with van der Waals surface area (Å²) in [5.41, 5.74) is 2.06. The zero-order chi connectivity index (χ0) is 13.1. The summed E-state index contributed by atoms with van der Waals surface area (Å²) in [6.07, 6.45) is 1.20. The number of carboxylic acids is 1. The highest BCUT2D eigenvalue weighted by atomic mass is 31.1. The van der Waals surface area contributed by atoms with Gasteiger partial charge in [-0.05, 0) is 18.2 Å². The van der Waals surface area contributed by atoms with Gasteiger partial charge in [-0.25, -0.2) is 4.39 Å². The first-order chi connectivity index (χ1) is 8.56. The van der Waals surface area contributed by atoms with Crippen LogP contribution in [0.2, 0.25) is 0 Å². The third-order valence-corrected chi connectivity index (χ3v) is 3.38. The van der Waals surface area contributed by atoms with Gasteiger partial charge in [0.2, 0.25) is 0 Å². The SMILES string of the molecule is Cn1nc(PCC(=O)O)cc1-c1ccc(F)cn1. The van der Waals surface area contributed by atoms with E-state index in [1.807, 2.05) is 0 Å². The number of carbonyl (C=O) groups is 1. The third kappa shape index (κ3) is 2.90. The van der Waals surface area contributed by atoms with E-state index in [4.69, 9.17) is 5.11 Å². The molecule has 1 atom stereocenters. The standard InChI is InChI=1S/C11H11FN3O2P/c1-15-9(8-3-2-7(12)5-13-8)4-10(14-15)18-6-11(16)17/h2-5,18H,6H2,1H3,(H,16,17). The molecule has 2 rings (SSSR count). The summed E-state index contributed by atoms with van der Waals surface area (Å²) in [4.78, 5) is 14.5. The van der Waals surface area contributed by atoms with Crippen LogP contribution in [0.1, 0.15) is 0 Å². The van der Waals surface area contributed by atoms with E-state index >= 15 is 0 Å². The van der Waals surface area contributed by atoms with Crippen LogP contribution in [0.15, 0.2) is 24.4 Å². The van der Waals surface area contributed by atoms with E-state index in [0.29, 0.717) is 11.1 Å². The summed E-state index contributed by atoms with van der Waals surface area (Å²) in [5.74, 6) is -1.24. The number of aromatic nitrogens is 3. The van der Waals surface area contributed by atoms with Gasteiger partial charge < -0.3 is 5.11 Å². The molecular weight excluding hydrogens is 256 g/mol. The fraction of sp³-hybridized carbons (Fsp3) is 0.182. The van der Waals surface area contributed by atoms with E-state index in [-0.39, 0.29) is 14.7 Å². The fourth-order valence-electron chi connectivity index (χ4n) is 1.49. The zero-order valence-electron chi connectivity index (χ0n) is 9.59. The molecule has 0 saturated carbocycles. The molecule has 0 aliphatic rings. The quantitative estimate of drug-likeness (QED) is 0.839. The first-order valence-corrected chi connectivity index (χ1v) is 6.38. The normalized spacial score (nSPS) is 11.2. The van der Waals surface area contributed by atoms with Crippen LogP contribution >= 0.6 is 8.58 Å². The van der Waals surface area contributed by atoms with Gasteiger partial charge in [-0.1, -0.05) is 8.58 Å². The largest absolute Gasteiger partial charge is 0.481 e. The Morgan fingerprint density at radius 3 is 2.94 bits per heavy atom. The van der Waals surface area contributed by atoms with Gasteiger partial charge in [0.15, 0.2) is 0 Å². The summed E-state index contributed by atoms with van der Waals surface area (Å²) in [5, 5.41) is 12.8. The summed E-state index contributed by atoms with van der Waals surface area (Å²) in [6.45, 7) is 0. The van der Waals surface area contributed by atoms with Crippen molar-refractivity contribution in [2.24, 2.45) is 7.05 Å². The summed E-state index contributed by atoms with van der Waals surface area (Å²) < 4.78 is 14.4. The molecule has 2 aromatic heterocycles. The summed E-state index contributed by atoms with van der Waals surface area (Å²) in [7, 11) is 1.86. The molecule has 0 radical (unpaired) electrons. The Balaban J connectivity index is 2.23. The number of pyridine rings is 1. The van der Waals surface area contributed by atoms with Crippen LogP contribution in [-0.2, 0) is 11.8 Å². The van der Waals surface area contributed by atoms with Crippen molar-refractivity contribution in [1.29, 1.82) is 0 Å². The van der Waals surface area contributed by atoms with Crippen molar-refractivity contribution in [2.75, 3.05) is 6.16 Å². The molecule has 2 aromatic rings. The topological polar surface area (TPSA) is 68.0 Å². The average Bonchev–Trinajstić information content (AvgIpc) is 2.69. The maximum atomic E-state index is 12.8. The fourth-order valence-corrected chi connectivity index (χ4v) is 2.28. The van der Waals surface area contributed by atoms with Crippen LogP contribution in [0, 0.1) is 5.82 Å². The molecule has 94 valence electrons. The highest BCUT2D eigenvalue weighted by molar-refractivity contribution is 7.47. The lowest BCUT2D eigenvalue weighted by Gasteiger charge is -1.99. The van der Waals surface area contributed by atoms with Gasteiger partial charge in [0.05, 0.1) is 29.2 Å². The maximum absolute atomic E-state index is 12.8. The number of hydrogen-bond acceptors (Lipinski definition) is 3. The van der Waals surface area contributed by atoms with Crippen LogP contribution in [0.3, 0.4) is 0 Å². The molecule has 5 nitrogen and oxygen atoms in total. The van der Waals surface area contributed by atoms with E-state index in [1.165, 1.54) is 6.07 Å². The molecule has 0 spiro atoms. The molecule has 0 fully saturated rings. The predicted octanol–water partition coefficient (Wildman–Crippen LogP) is 1.01. The van der Waals surface area contributed by atoms with Crippen LogP contribution in [0.5, 0.6) is 0 Å². The van der Waals surface area contributed by atoms with Crippen LogP contribution < -0.4 is 5.44 Å². The first-order valence-electron chi connectivity index (χ1n) is 5.18. The Bertz CT molecular complexity index is 568. The predicted molar refractivity (Wildman–Crippen MR) is 66.8 cm³/mol. The van der Waals surface area contributed by atoms with E-state index in [1.54, 1.807) is 23.9 Å². The monoisotopic (exact) mass is 267 g/mol. The molecule has 7 heteroatoms. The van der Waals surface area contributed by atoms with Gasteiger partial charge in [0.1, 0.15) is 5.82 Å². The molecule has 0 bridgehead atoms. The van der Waals surface area contributed by atoms with Crippen LogP contribution in [0.25, 0.3) is 11.4 Å². The molecule has 2 heterocycles. The highest BCUT2D eigenvalue weighted by Gasteiger charge is 2.09. The second-order valence-electron chi connectivity index (χ2n) is 3.65. The van der Waals surface area contributed by atoms with E-state index in [2.05, 4.69) is 10.1 Å². The lowest BCUT2D eigenvalue weighted by molar-refractivity contribution is -0.133. The first kappa shape index (κ1) is 12.6. The maximum Gasteiger partial charge on any atom is 0.307 e. The highest BCUT2D eigenvalue weighted by Crippen LogP contribution is 2.18. The minimum atomic E-state index is -0.847. The second-order valence-corrected chi connectivity index (χ2v) is 4.87. The smallest absolute Gasteiger partial charge is 0.307 e. The van der Waals surface area contributed by atoms with Crippen molar-refractivity contribution < 1.29 is 14.3 Å². The Labute approximate surface area is 104 Å². The molecule has 1 unspecified atom stereocenters. The average molecular weight is 267 g/mol. The van der Waals surface area contributed by atoms with Crippen molar-refractivity contribution in [3.05, 3.63) is 30.2 Å². The third-order valence-electron chi connectivity index (χ3n) is 2.29. The van der Waals surface area contributed by atoms with Gasteiger partial charge >= 0.3 is 5.97 Å². The molecule has 0 aliphatic carbocycles. The summed E-state index contributed by atoms with van der Waals surface area (Å²) >= 11 is 0. The Morgan fingerprint density at radius 2 is 2.33 bits per heavy atom. The van der Waals surface area contributed by atoms with Gasteiger partial charge in [0, 0.05) is 7.05 Å². The Morgan fingerprint density at radius 1 is 1.56 bits per heavy atom. The zero-order valence-corrected chi connectivity index (χ0v) is 10.6. The number of carboxylic acid groups (broad SMARTS) is 1. The van der Waals surface area contributed by atoms with Crippen molar-refractivity contribution in [2.45, 2.75) is 0 Å². The lowest BCUT2D eigenvalue weighted by Crippen LogP contribution is -2.05. The van der Waals surface area contributed by atoms with Gasteiger partial charge in [0.25, 0.3) is 0 Å². The number of halogens is 1. The van der Waals surface area contributed by atoms with Crippen molar-refractivity contribution in [1.82, 2.24) is 14.8 Å². The number of nitrogens with zero attached hydrogens (tertiary/aromatic N) is 3. The number of hydrogen-bond donors (Lipinski definition) is 1.